The van der Waals surface area contributed by atoms with Gasteiger partial charge in [-0.15, -0.1) is 0 Å². The predicted octanol–water partition coefficient (Wildman–Crippen LogP) is 2.18. The van der Waals surface area contributed by atoms with Crippen LogP contribution in [0.1, 0.15) is 20.8 Å². The summed E-state index contributed by atoms with van der Waals surface area (Å²) in [5, 5.41) is 3.13. The average molecular weight is 300 g/mol. The molecule has 1 rings (SSSR count). The number of hydrogen-bond donors (Lipinski definition) is 1. The number of benzene rings is 1. The van der Waals surface area contributed by atoms with E-state index in [1.165, 1.54) is 6.92 Å². The molecule has 1 aromatic carbocycles. The van der Waals surface area contributed by atoms with Crippen molar-refractivity contribution in [2.75, 3.05) is 13.2 Å². The highest BCUT2D eigenvalue weighted by Gasteiger charge is 2.31. The third kappa shape index (κ3) is 5.48. The zero-order valence-corrected chi connectivity index (χ0v) is 12.5. The van der Waals surface area contributed by atoms with E-state index in [1.807, 2.05) is 0 Å². The molecule has 0 aliphatic rings. The summed E-state index contributed by atoms with van der Waals surface area (Å²) in [6, 6.07) is 6.70. The van der Waals surface area contributed by atoms with Gasteiger partial charge in [-0.3, -0.25) is 4.79 Å². The minimum Gasteiger partial charge on any atom is -0.476 e. The Kier molecular flexibility index (Phi) is 5.82. The van der Waals surface area contributed by atoms with Crippen molar-refractivity contribution in [3.63, 3.8) is 0 Å². The summed E-state index contributed by atoms with van der Waals surface area (Å²) >= 11 is 5.77. The van der Waals surface area contributed by atoms with Crippen molar-refractivity contribution in [2.45, 2.75) is 26.4 Å². The second kappa shape index (κ2) is 7.14. The van der Waals surface area contributed by atoms with Crippen molar-refractivity contribution in [3.05, 3.63) is 29.3 Å². The van der Waals surface area contributed by atoms with E-state index in [4.69, 9.17) is 21.1 Å². The first-order valence-corrected chi connectivity index (χ1v) is 6.55. The van der Waals surface area contributed by atoms with E-state index in [0.717, 1.165) is 0 Å². The fourth-order valence-electron chi connectivity index (χ4n) is 1.38. The molecule has 1 N–H and O–H groups in total. The molecule has 0 radical (unpaired) electrons. The van der Waals surface area contributed by atoms with Crippen LogP contribution in [0, 0.1) is 0 Å². The lowest BCUT2D eigenvalue weighted by Gasteiger charge is -2.24. The Bertz CT molecular complexity index is 471. The molecule has 1 aromatic rings. The second-order valence-electron chi connectivity index (χ2n) is 4.69. The van der Waals surface area contributed by atoms with Gasteiger partial charge in [0, 0.05) is 11.9 Å². The fourth-order valence-corrected chi connectivity index (χ4v) is 1.51. The maximum absolute atomic E-state index is 11.9. The number of carbonyl (C=O) groups is 2. The zero-order valence-electron chi connectivity index (χ0n) is 11.7. The molecular formula is C14H18ClNO4. The third-order valence-corrected chi connectivity index (χ3v) is 2.64. The van der Waals surface area contributed by atoms with Crippen molar-refractivity contribution in [2.24, 2.45) is 0 Å². The van der Waals surface area contributed by atoms with Gasteiger partial charge in [-0.05, 0) is 38.1 Å². The Labute approximate surface area is 123 Å². The van der Waals surface area contributed by atoms with Crippen molar-refractivity contribution in [1.82, 2.24) is 5.32 Å². The van der Waals surface area contributed by atoms with Gasteiger partial charge in [-0.1, -0.05) is 11.6 Å². The molecule has 5 nitrogen and oxygen atoms in total. The van der Waals surface area contributed by atoms with E-state index >= 15 is 0 Å². The van der Waals surface area contributed by atoms with Crippen molar-refractivity contribution in [1.29, 1.82) is 0 Å². The van der Waals surface area contributed by atoms with Gasteiger partial charge >= 0.3 is 5.97 Å². The van der Waals surface area contributed by atoms with Crippen molar-refractivity contribution in [3.8, 4) is 5.75 Å². The van der Waals surface area contributed by atoms with Crippen LogP contribution < -0.4 is 10.1 Å². The van der Waals surface area contributed by atoms with Crippen LogP contribution in [-0.4, -0.2) is 30.6 Å². The Morgan fingerprint density at radius 1 is 1.25 bits per heavy atom. The molecule has 0 aliphatic carbocycles. The minimum absolute atomic E-state index is 0.103. The van der Waals surface area contributed by atoms with Crippen LogP contribution >= 0.6 is 11.6 Å². The third-order valence-electron chi connectivity index (χ3n) is 2.39. The topological polar surface area (TPSA) is 64.6 Å². The molecule has 0 atom stereocenters. The van der Waals surface area contributed by atoms with Gasteiger partial charge in [0.25, 0.3) is 0 Å². The molecule has 0 heterocycles. The normalized spacial score (nSPS) is 10.8. The lowest BCUT2D eigenvalue weighted by Crippen LogP contribution is -2.40. The number of hydrogen-bond acceptors (Lipinski definition) is 4. The predicted molar refractivity (Wildman–Crippen MR) is 75.8 cm³/mol. The van der Waals surface area contributed by atoms with E-state index < -0.39 is 11.6 Å². The quantitative estimate of drug-likeness (QED) is 0.646. The van der Waals surface area contributed by atoms with Gasteiger partial charge in [0.15, 0.2) is 5.60 Å². The Morgan fingerprint density at radius 2 is 1.85 bits per heavy atom. The van der Waals surface area contributed by atoms with Crippen LogP contribution in [0.4, 0.5) is 0 Å². The summed E-state index contributed by atoms with van der Waals surface area (Å²) in [7, 11) is 0. The Balaban J connectivity index is 2.48. The summed E-state index contributed by atoms with van der Waals surface area (Å²) in [5.74, 6) is -0.145. The molecule has 0 aliphatic heterocycles. The molecule has 0 spiro atoms. The highest BCUT2D eigenvalue weighted by atomic mass is 35.5. The highest BCUT2D eigenvalue weighted by molar-refractivity contribution is 6.30. The van der Waals surface area contributed by atoms with Gasteiger partial charge in [0.05, 0.1) is 6.54 Å². The smallest absolute Gasteiger partial charge is 0.349 e. The van der Waals surface area contributed by atoms with E-state index in [9.17, 15) is 9.59 Å². The minimum atomic E-state index is -1.12. The van der Waals surface area contributed by atoms with Gasteiger partial charge in [-0.25, -0.2) is 4.79 Å². The van der Waals surface area contributed by atoms with Crippen LogP contribution in [0.3, 0.4) is 0 Å². The molecule has 0 unspecified atom stereocenters. The summed E-state index contributed by atoms with van der Waals surface area (Å²) in [6.07, 6.45) is 0. The number of amides is 1. The largest absolute Gasteiger partial charge is 0.476 e. The van der Waals surface area contributed by atoms with Crippen LogP contribution in [0.15, 0.2) is 24.3 Å². The number of esters is 1. The number of rotatable bonds is 6. The summed E-state index contributed by atoms with van der Waals surface area (Å²) in [4.78, 5) is 22.6. The lowest BCUT2D eigenvalue weighted by atomic mass is 10.1. The molecule has 0 saturated carbocycles. The number of ether oxygens (including phenoxy) is 2. The van der Waals surface area contributed by atoms with Crippen LogP contribution in [0.2, 0.25) is 5.02 Å². The van der Waals surface area contributed by atoms with E-state index in [-0.39, 0.29) is 19.1 Å². The molecule has 0 bridgehead atoms. The molecule has 0 fully saturated rings. The molecular weight excluding hydrogens is 282 g/mol. The monoisotopic (exact) mass is 299 g/mol. The highest BCUT2D eigenvalue weighted by Crippen LogP contribution is 2.21. The van der Waals surface area contributed by atoms with Gasteiger partial charge in [0.1, 0.15) is 12.4 Å². The molecule has 0 aromatic heterocycles. The van der Waals surface area contributed by atoms with E-state index in [2.05, 4.69) is 5.32 Å². The van der Waals surface area contributed by atoms with E-state index in [0.29, 0.717) is 10.8 Å². The molecule has 110 valence electrons. The maximum Gasteiger partial charge on any atom is 0.349 e. The molecule has 0 saturated heterocycles. The zero-order chi connectivity index (χ0) is 15.2. The van der Waals surface area contributed by atoms with Crippen LogP contribution in [0.5, 0.6) is 5.75 Å². The maximum atomic E-state index is 11.9. The van der Waals surface area contributed by atoms with Gasteiger partial charge < -0.3 is 14.8 Å². The standard InChI is InChI=1S/C14H18ClNO4/c1-10(17)16-8-9-19-13(18)14(2,3)20-12-6-4-11(15)5-7-12/h4-7H,8-9H2,1-3H3,(H,16,17). The first kappa shape index (κ1) is 16.3. The van der Waals surface area contributed by atoms with Gasteiger partial charge in [-0.2, -0.15) is 0 Å². The number of nitrogens with one attached hydrogen (secondary N) is 1. The average Bonchev–Trinajstić information content (AvgIpc) is 2.36. The molecule has 1 amide bonds. The van der Waals surface area contributed by atoms with Crippen LogP contribution in [-0.2, 0) is 14.3 Å². The summed E-state index contributed by atoms with van der Waals surface area (Å²) < 4.78 is 10.6. The van der Waals surface area contributed by atoms with E-state index in [1.54, 1.807) is 38.1 Å². The lowest BCUT2D eigenvalue weighted by molar-refractivity contribution is -0.159. The van der Waals surface area contributed by atoms with Crippen molar-refractivity contribution >= 4 is 23.5 Å². The van der Waals surface area contributed by atoms with Crippen LogP contribution in [0.25, 0.3) is 0 Å². The fraction of sp³-hybridized carbons (Fsp3) is 0.429. The number of halogens is 1. The van der Waals surface area contributed by atoms with Crippen molar-refractivity contribution < 1.29 is 19.1 Å². The first-order chi connectivity index (χ1) is 9.31. The molecule has 6 heteroatoms. The SMILES string of the molecule is CC(=O)NCCOC(=O)C(C)(C)Oc1ccc(Cl)cc1. The number of carbonyl (C=O) groups excluding carboxylic acids is 2. The summed E-state index contributed by atoms with van der Waals surface area (Å²) in [5.41, 5.74) is -1.12. The Hall–Kier alpha value is -1.75. The summed E-state index contributed by atoms with van der Waals surface area (Å²) in [6.45, 7) is 5.00. The molecule has 20 heavy (non-hydrogen) atoms. The second-order valence-corrected chi connectivity index (χ2v) is 5.12. The Morgan fingerprint density at radius 3 is 2.40 bits per heavy atom. The first-order valence-electron chi connectivity index (χ1n) is 6.17. The van der Waals surface area contributed by atoms with Gasteiger partial charge in [0.2, 0.25) is 5.91 Å².